The van der Waals surface area contributed by atoms with Crippen molar-refractivity contribution in [2.75, 3.05) is 20.8 Å². The van der Waals surface area contributed by atoms with Crippen molar-refractivity contribution < 1.29 is 14.3 Å². The highest BCUT2D eigenvalue weighted by Gasteiger charge is 2.13. The monoisotopic (exact) mass is 196 g/mol. The fourth-order valence-electron chi connectivity index (χ4n) is 0.979. The summed E-state index contributed by atoms with van der Waals surface area (Å²) in [6.45, 7) is 0.374. The molecule has 0 bridgehead atoms. The molecule has 0 unspecified atom stereocenters. The summed E-state index contributed by atoms with van der Waals surface area (Å²) in [5, 5.41) is 0. The third kappa shape index (κ3) is 2.50. The maximum atomic E-state index is 11.5. The van der Waals surface area contributed by atoms with Crippen LogP contribution < -0.4 is 4.74 Å². The molecular weight excluding hydrogens is 184 g/mol. The summed E-state index contributed by atoms with van der Waals surface area (Å²) < 4.78 is 9.71. The number of aromatic nitrogens is 2. The maximum absolute atomic E-state index is 11.5. The van der Waals surface area contributed by atoms with Gasteiger partial charge >= 0.3 is 0 Å². The Labute approximate surface area is 82.1 Å². The predicted octanol–water partition coefficient (Wildman–Crippen LogP) is 0.704. The number of Topliss-reactive ketones (excluding diaryl/α,β-unsaturated/α-hetero) is 1. The quantitative estimate of drug-likeness (QED) is 0.649. The molecule has 0 aliphatic rings. The Hall–Kier alpha value is -1.49. The van der Waals surface area contributed by atoms with Gasteiger partial charge in [0.25, 0.3) is 0 Å². The SMILES string of the molecule is COCCC(=O)c1nccnc1OC. The predicted molar refractivity (Wildman–Crippen MR) is 49.4 cm³/mol. The van der Waals surface area contributed by atoms with Crippen molar-refractivity contribution in [1.82, 2.24) is 9.97 Å². The second-order valence-corrected chi connectivity index (χ2v) is 2.58. The average Bonchev–Trinajstić information content (AvgIpc) is 2.25. The summed E-state index contributed by atoms with van der Waals surface area (Å²) in [5.74, 6) is 0.130. The zero-order valence-corrected chi connectivity index (χ0v) is 8.19. The maximum Gasteiger partial charge on any atom is 0.243 e. The highest BCUT2D eigenvalue weighted by Crippen LogP contribution is 2.12. The Bertz CT molecular complexity index is 315. The number of ketones is 1. The fourth-order valence-corrected chi connectivity index (χ4v) is 0.979. The lowest BCUT2D eigenvalue weighted by Crippen LogP contribution is -2.08. The van der Waals surface area contributed by atoms with Gasteiger partial charge in [-0.25, -0.2) is 9.97 Å². The van der Waals surface area contributed by atoms with Gasteiger partial charge in [0.1, 0.15) is 0 Å². The molecule has 1 heterocycles. The van der Waals surface area contributed by atoms with Gasteiger partial charge in [-0.3, -0.25) is 4.79 Å². The van der Waals surface area contributed by atoms with E-state index in [1.54, 1.807) is 7.11 Å². The van der Waals surface area contributed by atoms with Crippen molar-refractivity contribution in [3.8, 4) is 5.88 Å². The van der Waals surface area contributed by atoms with Gasteiger partial charge in [0.2, 0.25) is 5.88 Å². The van der Waals surface area contributed by atoms with E-state index >= 15 is 0 Å². The third-order valence-electron chi connectivity index (χ3n) is 1.66. The smallest absolute Gasteiger partial charge is 0.243 e. The van der Waals surface area contributed by atoms with Crippen molar-refractivity contribution in [2.24, 2.45) is 0 Å². The van der Waals surface area contributed by atoms with E-state index in [4.69, 9.17) is 9.47 Å². The van der Waals surface area contributed by atoms with E-state index in [9.17, 15) is 4.79 Å². The van der Waals surface area contributed by atoms with E-state index in [1.165, 1.54) is 19.5 Å². The number of carbonyl (C=O) groups is 1. The molecule has 1 aromatic heterocycles. The Kier molecular flexibility index (Phi) is 4.00. The number of ether oxygens (including phenoxy) is 2. The van der Waals surface area contributed by atoms with Gasteiger partial charge in [-0.2, -0.15) is 0 Å². The molecule has 0 radical (unpaired) electrons. The first kappa shape index (κ1) is 10.6. The van der Waals surface area contributed by atoms with Crippen molar-refractivity contribution >= 4 is 5.78 Å². The van der Waals surface area contributed by atoms with E-state index in [1.807, 2.05) is 0 Å². The number of hydrogen-bond donors (Lipinski definition) is 0. The van der Waals surface area contributed by atoms with Crippen LogP contribution in [0, 0.1) is 0 Å². The molecule has 0 amide bonds. The number of carbonyl (C=O) groups excluding carboxylic acids is 1. The van der Waals surface area contributed by atoms with Gasteiger partial charge in [-0.1, -0.05) is 0 Å². The molecule has 0 saturated carbocycles. The second-order valence-electron chi connectivity index (χ2n) is 2.58. The van der Waals surface area contributed by atoms with Crippen LogP contribution in [0.3, 0.4) is 0 Å². The van der Waals surface area contributed by atoms with E-state index < -0.39 is 0 Å². The topological polar surface area (TPSA) is 61.3 Å². The van der Waals surface area contributed by atoms with E-state index in [-0.39, 0.29) is 23.8 Å². The van der Waals surface area contributed by atoms with Gasteiger partial charge in [0.15, 0.2) is 11.5 Å². The normalized spacial score (nSPS) is 9.86. The summed E-state index contributed by atoms with van der Waals surface area (Å²) in [6, 6.07) is 0. The summed E-state index contributed by atoms with van der Waals surface area (Å²) >= 11 is 0. The molecule has 14 heavy (non-hydrogen) atoms. The van der Waals surface area contributed by atoms with Crippen molar-refractivity contribution in [3.63, 3.8) is 0 Å². The van der Waals surface area contributed by atoms with Gasteiger partial charge in [-0.15, -0.1) is 0 Å². The molecule has 0 aromatic carbocycles. The molecule has 0 saturated heterocycles. The number of methoxy groups -OCH3 is 2. The molecule has 1 rings (SSSR count). The van der Waals surface area contributed by atoms with Gasteiger partial charge in [0, 0.05) is 25.9 Å². The van der Waals surface area contributed by atoms with E-state index in [0.29, 0.717) is 6.61 Å². The lowest BCUT2D eigenvalue weighted by molar-refractivity contribution is 0.0923. The van der Waals surface area contributed by atoms with Gasteiger partial charge in [0.05, 0.1) is 13.7 Å². The van der Waals surface area contributed by atoms with Crippen molar-refractivity contribution in [2.45, 2.75) is 6.42 Å². The van der Waals surface area contributed by atoms with Crippen LogP contribution in [0.25, 0.3) is 0 Å². The van der Waals surface area contributed by atoms with Gasteiger partial charge in [-0.05, 0) is 0 Å². The minimum Gasteiger partial charge on any atom is -0.479 e. The second kappa shape index (κ2) is 5.29. The van der Waals surface area contributed by atoms with E-state index in [0.717, 1.165) is 0 Å². The standard InChI is InChI=1S/C9H12N2O3/c1-13-6-3-7(12)8-9(14-2)11-5-4-10-8/h4-5H,3,6H2,1-2H3. The number of nitrogens with zero attached hydrogens (tertiary/aromatic N) is 2. The first-order chi connectivity index (χ1) is 6.79. The largest absolute Gasteiger partial charge is 0.479 e. The Morgan fingerprint density at radius 2 is 2.07 bits per heavy atom. The van der Waals surface area contributed by atoms with Gasteiger partial charge < -0.3 is 9.47 Å². The minimum atomic E-state index is -0.128. The van der Waals surface area contributed by atoms with Crippen LogP contribution in [-0.4, -0.2) is 36.6 Å². The van der Waals surface area contributed by atoms with Crippen molar-refractivity contribution in [3.05, 3.63) is 18.1 Å². The summed E-state index contributed by atoms with van der Waals surface area (Å²) in [4.78, 5) is 19.3. The lowest BCUT2D eigenvalue weighted by Gasteiger charge is -2.03. The molecular formula is C9H12N2O3. The zero-order chi connectivity index (χ0) is 10.4. The minimum absolute atomic E-state index is 0.128. The van der Waals surface area contributed by atoms with Crippen LogP contribution in [0.5, 0.6) is 5.88 Å². The highest BCUT2D eigenvalue weighted by atomic mass is 16.5. The number of hydrogen-bond acceptors (Lipinski definition) is 5. The van der Waals surface area contributed by atoms with Crippen LogP contribution in [0.4, 0.5) is 0 Å². The fraction of sp³-hybridized carbons (Fsp3) is 0.444. The summed E-state index contributed by atoms with van der Waals surface area (Å²) in [7, 11) is 3.00. The molecule has 0 atom stereocenters. The Morgan fingerprint density at radius 3 is 2.71 bits per heavy atom. The molecule has 1 aromatic rings. The molecule has 5 heteroatoms. The molecule has 0 fully saturated rings. The summed E-state index contributed by atoms with van der Waals surface area (Å²) in [6.07, 6.45) is 3.22. The molecule has 5 nitrogen and oxygen atoms in total. The molecule has 0 aliphatic heterocycles. The van der Waals surface area contributed by atoms with Crippen molar-refractivity contribution in [1.29, 1.82) is 0 Å². The summed E-state index contributed by atoms with van der Waals surface area (Å²) in [5.41, 5.74) is 0.257. The zero-order valence-electron chi connectivity index (χ0n) is 8.19. The Morgan fingerprint density at radius 1 is 1.36 bits per heavy atom. The van der Waals surface area contributed by atoms with Crippen LogP contribution in [0.2, 0.25) is 0 Å². The van der Waals surface area contributed by atoms with Crippen LogP contribution in [0.1, 0.15) is 16.9 Å². The third-order valence-corrected chi connectivity index (χ3v) is 1.66. The molecule has 0 N–H and O–H groups in total. The number of rotatable bonds is 5. The molecule has 0 spiro atoms. The highest BCUT2D eigenvalue weighted by molar-refractivity contribution is 5.96. The van der Waals surface area contributed by atoms with Crippen LogP contribution >= 0.6 is 0 Å². The first-order valence-corrected chi connectivity index (χ1v) is 4.16. The lowest BCUT2D eigenvalue weighted by atomic mass is 10.2. The average molecular weight is 196 g/mol. The molecule has 76 valence electrons. The van der Waals surface area contributed by atoms with E-state index in [2.05, 4.69) is 9.97 Å². The Balaban J connectivity index is 2.78. The molecule has 0 aliphatic carbocycles. The van der Waals surface area contributed by atoms with Crippen LogP contribution in [-0.2, 0) is 4.74 Å². The van der Waals surface area contributed by atoms with Crippen LogP contribution in [0.15, 0.2) is 12.4 Å². The first-order valence-electron chi connectivity index (χ1n) is 4.16.